The Morgan fingerprint density at radius 1 is 0.882 bits per heavy atom. The van der Waals surface area contributed by atoms with Crippen molar-refractivity contribution in [3.63, 3.8) is 0 Å². The van der Waals surface area contributed by atoms with Crippen LogP contribution in [-0.2, 0) is 0 Å². The Kier molecular flexibility index (Phi) is 2.18. The number of nitrogens with one attached hydrogen (secondary N) is 1. The summed E-state index contributed by atoms with van der Waals surface area (Å²) < 4.78 is 10.8. The molecule has 2 aromatic carbocycles. The number of aromatic amines is 1. The summed E-state index contributed by atoms with van der Waals surface area (Å²) in [6, 6.07) is 12.1. The van der Waals surface area contributed by atoms with E-state index in [1.807, 2.05) is 24.3 Å². The Labute approximate surface area is 99.0 Å². The molecule has 0 saturated heterocycles. The zero-order chi connectivity index (χ0) is 11.8. The van der Waals surface area contributed by atoms with Crippen LogP contribution >= 0.6 is 0 Å². The molecule has 0 atom stereocenters. The number of rotatable bonds is 2. The van der Waals surface area contributed by atoms with Gasteiger partial charge in [-0.05, 0) is 18.2 Å². The van der Waals surface area contributed by atoms with Gasteiger partial charge in [0.2, 0.25) is 0 Å². The SMILES string of the molecule is COc1ccc2[nH]c3ccccc3c2c1OC. The molecule has 0 unspecified atom stereocenters. The molecule has 0 spiro atoms. The summed E-state index contributed by atoms with van der Waals surface area (Å²) in [5, 5.41) is 2.22. The van der Waals surface area contributed by atoms with Gasteiger partial charge < -0.3 is 14.5 Å². The zero-order valence-electron chi connectivity index (χ0n) is 9.78. The Morgan fingerprint density at radius 2 is 1.71 bits per heavy atom. The molecule has 0 radical (unpaired) electrons. The summed E-state index contributed by atoms with van der Waals surface area (Å²) in [5.41, 5.74) is 2.16. The fourth-order valence-electron chi connectivity index (χ4n) is 2.25. The number of ether oxygens (including phenoxy) is 2. The summed E-state index contributed by atoms with van der Waals surface area (Å²) >= 11 is 0. The molecule has 0 saturated carbocycles. The maximum atomic E-state index is 5.47. The molecule has 3 heteroatoms. The first-order valence-electron chi connectivity index (χ1n) is 5.46. The van der Waals surface area contributed by atoms with Gasteiger partial charge in [0.15, 0.2) is 11.5 Å². The lowest BCUT2D eigenvalue weighted by Gasteiger charge is -2.08. The second kappa shape index (κ2) is 3.70. The summed E-state index contributed by atoms with van der Waals surface area (Å²) in [6.07, 6.45) is 0. The monoisotopic (exact) mass is 227 g/mol. The van der Waals surface area contributed by atoms with Crippen molar-refractivity contribution in [2.45, 2.75) is 0 Å². The fourth-order valence-corrected chi connectivity index (χ4v) is 2.25. The van der Waals surface area contributed by atoms with Gasteiger partial charge in [-0.1, -0.05) is 18.2 Å². The molecule has 1 aromatic heterocycles. The lowest BCUT2D eigenvalue weighted by Crippen LogP contribution is -1.90. The third-order valence-electron chi connectivity index (χ3n) is 3.01. The van der Waals surface area contributed by atoms with Gasteiger partial charge in [-0.25, -0.2) is 0 Å². The van der Waals surface area contributed by atoms with Crippen molar-refractivity contribution in [2.24, 2.45) is 0 Å². The van der Waals surface area contributed by atoms with Crippen LogP contribution in [0.3, 0.4) is 0 Å². The minimum atomic E-state index is 0.754. The highest BCUT2D eigenvalue weighted by molar-refractivity contribution is 6.11. The Hall–Kier alpha value is -2.16. The molecule has 0 aliphatic rings. The first-order valence-corrected chi connectivity index (χ1v) is 5.46. The number of hydrogen-bond donors (Lipinski definition) is 1. The Bertz CT molecular complexity index is 685. The van der Waals surface area contributed by atoms with Gasteiger partial charge in [0.1, 0.15) is 0 Å². The molecular weight excluding hydrogens is 214 g/mol. The average Bonchev–Trinajstić information content (AvgIpc) is 2.76. The quantitative estimate of drug-likeness (QED) is 0.728. The third kappa shape index (κ3) is 1.35. The van der Waals surface area contributed by atoms with Crippen molar-refractivity contribution in [1.82, 2.24) is 4.98 Å². The predicted molar refractivity (Wildman–Crippen MR) is 68.9 cm³/mol. The van der Waals surface area contributed by atoms with Crippen LogP contribution in [0.15, 0.2) is 36.4 Å². The Balaban J connectivity index is 2.51. The number of benzene rings is 2. The maximum Gasteiger partial charge on any atom is 0.170 e. The van der Waals surface area contributed by atoms with Crippen molar-refractivity contribution in [3.05, 3.63) is 36.4 Å². The molecule has 1 N–H and O–H groups in total. The molecule has 3 rings (SSSR count). The van der Waals surface area contributed by atoms with E-state index in [9.17, 15) is 0 Å². The van der Waals surface area contributed by atoms with Crippen LogP contribution < -0.4 is 9.47 Å². The number of aromatic nitrogens is 1. The topological polar surface area (TPSA) is 34.2 Å². The summed E-state index contributed by atoms with van der Waals surface area (Å²) in [7, 11) is 3.32. The normalized spacial score (nSPS) is 10.9. The molecule has 0 amide bonds. The van der Waals surface area contributed by atoms with Gasteiger partial charge >= 0.3 is 0 Å². The molecule has 3 aromatic rings. The van der Waals surface area contributed by atoms with Gasteiger partial charge in [0.05, 0.1) is 25.1 Å². The highest BCUT2D eigenvalue weighted by Gasteiger charge is 2.13. The van der Waals surface area contributed by atoms with E-state index in [0.29, 0.717) is 0 Å². The predicted octanol–water partition coefficient (Wildman–Crippen LogP) is 3.34. The number of hydrogen-bond acceptors (Lipinski definition) is 2. The molecule has 0 aliphatic heterocycles. The van der Waals surface area contributed by atoms with Gasteiger partial charge in [-0.15, -0.1) is 0 Å². The van der Waals surface area contributed by atoms with Crippen molar-refractivity contribution < 1.29 is 9.47 Å². The van der Waals surface area contributed by atoms with E-state index in [2.05, 4.69) is 17.1 Å². The third-order valence-corrected chi connectivity index (χ3v) is 3.01. The van der Waals surface area contributed by atoms with E-state index >= 15 is 0 Å². The van der Waals surface area contributed by atoms with Crippen LogP contribution in [0, 0.1) is 0 Å². The Morgan fingerprint density at radius 3 is 2.47 bits per heavy atom. The number of fused-ring (bicyclic) bond motifs is 3. The summed E-state index contributed by atoms with van der Waals surface area (Å²) in [6.45, 7) is 0. The van der Waals surface area contributed by atoms with Crippen molar-refractivity contribution in [2.75, 3.05) is 14.2 Å². The van der Waals surface area contributed by atoms with Crippen LogP contribution in [0.25, 0.3) is 21.8 Å². The van der Waals surface area contributed by atoms with Crippen LogP contribution in [0.1, 0.15) is 0 Å². The largest absolute Gasteiger partial charge is 0.493 e. The van der Waals surface area contributed by atoms with E-state index in [1.54, 1.807) is 14.2 Å². The highest BCUT2D eigenvalue weighted by atomic mass is 16.5. The molecule has 0 fully saturated rings. The average molecular weight is 227 g/mol. The van der Waals surface area contributed by atoms with E-state index in [0.717, 1.165) is 33.3 Å². The smallest absolute Gasteiger partial charge is 0.170 e. The van der Waals surface area contributed by atoms with E-state index in [4.69, 9.17) is 9.47 Å². The number of para-hydroxylation sites is 1. The fraction of sp³-hybridized carbons (Fsp3) is 0.143. The van der Waals surface area contributed by atoms with Gasteiger partial charge in [0, 0.05) is 10.9 Å². The van der Waals surface area contributed by atoms with Crippen LogP contribution in [0.2, 0.25) is 0 Å². The van der Waals surface area contributed by atoms with Gasteiger partial charge in [-0.3, -0.25) is 0 Å². The van der Waals surface area contributed by atoms with Crippen molar-refractivity contribution >= 4 is 21.8 Å². The van der Waals surface area contributed by atoms with E-state index in [-0.39, 0.29) is 0 Å². The lowest BCUT2D eigenvalue weighted by atomic mass is 10.1. The zero-order valence-corrected chi connectivity index (χ0v) is 9.78. The molecule has 1 heterocycles. The second-order valence-corrected chi connectivity index (χ2v) is 3.89. The van der Waals surface area contributed by atoms with E-state index < -0.39 is 0 Å². The van der Waals surface area contributed by atoms with Crippen LogP contribution in [-0.4, -0.2) is 19.2 Å². The highest BCUT2D eigenvalue weighted by Crippen LogP contribution is 2.39. The first-order chi connectivity index (χ1) is 8.35. The molecule has 0 aliphatic carbocycles. The van der Waals surface area contributed by atoms with Crippen LogP contribution in [0.5, 0.6) is 11.5 Å². The van der Waals surface area contributed by atoms with Crippen LogP contribution in [0.4, 0.5) is 0 Å². The molecule has 17 heavy (non-hydrogen) atoms. The minimum Gasteiger partial charge on any atom is -0.493 e. The standard InChI is InChI=1S/C14H13NO2/c1-16-12-8-7-11-13(14(12)17-2)9-5-3-4-6-10(9)15-11/h3-8,15H,1-2H3. The first kappa shape index (κ1) is 10.0. The van der Waals surface area contributed by atoms with Gasteiger partial charge in [0.25, 0.3) is 0 Å². The molecular formula is C14H13NO2. The molecule has 86 valence electrons. The molecule has 3 nitrogen and oxygen atoms in total. The van der Waals surface area contributed by atoms with Crippen molar-refractivity contribution in [1.29, 1.82) is 0 Å². The van der Waals surface area contributed by atoms with Crippen molar-refractivity contribution in [3.8, 4) is 11.5 Å². The van der Waals surface area contributed by atoms with E-state index in [1.165, 1.54) is 0 Å². The number of H-pyrrole nitrogens is 1. The maximum absolute atomic E-state index is 5.47. The minimum absolute atomic E-state index is 0.754. The lowest BCUT2D eigenvalue weighted by molar-refractivity contribution is 0.359. The second-order valence-electron chi connectivity index (χ2n) is 3.89. The summed E-state index contributed by atoms with van der Waals surface area (Å²) in [4.78, 5) is 3.37. The number of methoxy groups -OCH3 is 2. The summed E-state index contributed by atoms with van der Waals surface area (Å²) in [5.74, 6) is 1.53. The van der Waals surface area contributed by atoms with Gasteiger partial charge in [-0.2, -0.15) is 0 Å². The molecule has 0 bridgehead atoms.